The fraction of sp³-hybridized carbons (Fsp3) is 0.154. The maximum Gasteiger partial charge on any atom is 0.406 e. The van der Waals surface area contributed by atoms with Crippen molar-refractivity contribution in [2.45, 2.75) is 13.0 Å². The first-order valence-corrected chi connectivity index (χ1v) is 7.02. The van der Waals surface area contributed by atoms with Gasteiger partial charge in [0.05, 0.1) is 10.0 Å². The Morgan fingerprint density at radius 3 is 2.83 bits per heavy atom. The lowest BCUT2D eigenvalue weighted by molar-refractivity contribution is -0.390. The molecule has 10 heteroatoms. The highest BCUT2D eigenvalue weighted by Gasteiger charge is 2.22. The van der Waals surface area contributed by atoms with Crippen LogP contribution in [0.2, 0.25) is 10.0 Å². The number of nitrogens with one attached hydrogen (secondary N) is 1. The number of anilines is 1. The fourth-order valence-corrected chi connectivity index (χ4v) is 2.01. The zero-order valence-corrected chi connectivity index (χ0v) is 13.2. The molecule has 0 aliphatic rings. The predicted octanol–water partition coefficient (Wildman–Crippen LogP) is 3.10. The molecular formula is C13H10Cl2N4O4. The normalized spacial score (nSPS) is 11.6. The zero-order valence-electron chi connectivity index (χ0n) is 11.7. The van der Waals surface area contributed by atoms with Gasteiger partial charge in [0.25, 0.3) is 5.91 Å². The molecular weight excluding hydrogens is 347 g/mol. The van der Waals surface area contributed by atoms with Gasteiger partial charge in [-0.15, -0.1) is 0 Å². The Bertz CT molecular complexity index is 757. The van der Waals surface area contributed by atoms with E-state index in [0.717, 1.165) is 0 Å². The maximum atomic E-state index is 12.1. The number of halogens is 2. The summed E-state index contributed by atoms with van der Waals surface area (Å²) in [6, 6.07) is 4.23. The minimum atomic E-state index is -1.04. The highest BCUT2D eigenvalue weighted by Crippen LogP contribution is 2.25. The van der Waals surface area contributed by atoms with E-state index in [-0.39, 0.29) is 16.6 Å². The van der Waals surface area contributed by atoms with Gasteiger partial charge in [0.1, 0.15) is 6.20 Å². The molecule has 23 heavy (non-hydrogen) atoms. The summed E-state index contributed by atoms with van der Waals surface area (Å²) in [6.07, 6.45) is 1.54. The van der Waals surface area contributed by atoms with Gasteiger partial charge in [0.2, 0.25) is 5.75 Å². The van der Waals surface area contributed by atoms with Crippen molar-refractivity contribution >= 4 is 40.7 Å². The molecule has 1 atom stereocenters. The number of rotatable bonds is 5. The summed E-state index contributed by atoms with van der Waals surface area (Å²) in [7, 11) is 0. The summed E-state index contributed by atoms with van der Waals surface area (Å²) < 4.78 is 5.29. The molecule has 0 aliphatic carbocycles. The van der Waals surface area contributed by atoms with Crippen molar-refractivity contribution in [1.29, 1.82) is 0 Å². The first-order chi connectivity index (χ1) is 10.9. The molecule has 0 radical (unpaired) electrons. The van der Waals surface area contributed by atoms with Gasteiger partial charge >= 0.3 is 5.82 Å². The quantitative estimate of drug-likeness (QED) is 0.651. The largest absolute Gasteiger partial charge is 0.473 e. The second-order valence-electron chi connectivity index (χ2n) is 4.32. The van der Waals surface area contributed by atoms with Crippen LogP contribution < -0.4 is 10.1 Å². The second-order valence-corrected chi connectivity index (χ2v) is 5.16. The molecule has 0 spiro atoms. The van der Waals surface area contributed by atoms with E-state index >= 15 is 0 Å². The third-order valence-corrected chi connectivity index (χ3v) is 3.14. The molecule has 2 aromatic rings. The van der Waals surface area contributed by atoms with Crippen molar-refractivity contribution in [3.63, 3.8) is 0 Å². The average Bonchev–Trinajstić information content (AvgIpc) is 2.50. The Labute approximate surface area is 140 Å². The molecule has 8 nitrogen and oxygen atoms in total. The first kappa shape index (κ1) is 16.9. The van der Waals surface area contributed by atoms with E-state index in [4.69, 9.17) is 27.9 Å². The smallest absolute Gasteiger partial charge is 0.406 e. The van der Waals surface area contributed by atoms with E-state index in [1.165, 1.54) is 37.5 Å². The van der Waals surface area contributed by atoms with E-state index in [2.05, 4.69) is 15.3 Å². The summed E-state index contributed by atoms with van der Waals surface area (Å²) in [6.45, 7) is 1.43. The van der Waals surface area contributed by atoms with Crippen LogP contribution in [-0.2, 0) is 4.79 Å². The van der Waals surface area contributed by atoms with Crippen LogP contribution in [0.1, 0.15) is 6.92 Å². The number of nitro groups is 1. The molecule has 0 aliphatic heterocycles. The molecule has 2 aromatic heterocycles. The number of nitrogens with zero attached hydrogens (tertiary/aromatic N) is 3. The van der Waals surface area contributed by atoms with Crippen LogP contribution in [0.15, 0.2) is 30.6 Å². The molecule has 0 saturated heterocycles. The molecule has 2 rings (SSSR count). The summed E-state index contributed by atoms with van der Waals surface area (Å²) in [4.78, 5) is 29.7. The van der Waals surface area contributed by atoms with E-state index < -0.39 is 22.8 Å². The van der Waals surface area contributed by atoms with Gasteiger partial charge in [-0.25, -0.2) is 4.98 Å². The van der Waals surface area contributed by atoms with Crippen LogP contribution >= 0.6 is 23.2 Å². The topological polar surface area (TPSA) is 107 Å². The molecule has 0 bridgehead atoms. The van der Waals surface area contributed by atoms with Crippen molar-refractivity contribution < 1.29 is 14.5 Å². The SMILES string of the molecule is CC(Oc1cccnc1[N+](=O)[O-])C(=O)Nc1ncc(Cl)cc1Cl. The van der Waals surface area contributed by atoms with Gasteiger partial charge < -0.3 is 20.2 Å². The highest BCUT2D eigenvalue weighted by molar-refractivity contribution is 6.36. The van der Waals surface area contributed by atoms with Gasteiger partial charge in [-0.2, -0.15) is 0 Å². The lowest BCUT2D eigenvalue weighted by Gasteiger charge is -2.14. The average molecular weight is 357 g/mol. The summed E-state index contributed by atoms with van der Waals surface area (Å²) in [5, 5.41) is 13.8. The van der Waals surface area contributed by atoms with E-state index in [0.29, 0.717) is 5.02 Å². The Morgan fingerprint density at radius 1 is 1.43 bits per heavy atom. The molecule has 0 aromatic carbocycles. The van der Waals surface area contributed by atoms with Crippen molar-refractivity contribution in [3.05, 3.63) is 50.8 Å². The Balaban J connectivity index is 2.10. The highest BCUT2D eigenvalue weighted by atomic mass is 35.5. The third-order valence-electron chi connectivity index (χ3n) is 2.65. The van der Waals surface area contributed by atoms with Crippen LogP contribution in [-0.4, -0.2) is 26.9 Å². The fourth-order valence-electron chi connectivity index (χ4n) is 1.58. The summed E-state index contributed by atoms with van der Waals surface area (Å²) in [5.41, 5.74) is 0. The van der Waals surface area contributed by atoms with E-state index in [1.807, 2.05) is 0 Å². The Kier molecular flexibility index (Phi) is 5.30. The van der Waals surface area contributed by atoms with Gasteiger partial charge in [0, 0.05) is 6.20 Å². The number of ether oxygens (including phenoxy) is 1. The second kappa shape index (κ2) is 7.21. The minimum absolute atomic E-state index is 0.109. The van der Waals surface area contributed by atoms with Crippen molar-refractivity contribution in [2.24, 2.45) is 0 Å². The molecule has 1 amide bonds. The zero-order chi connectivity index (χ0) is 17.0. The van der Waals surface area contributed by atoms with Crippen LogP contribution in [0, 0.1) is 10.1 Å². The number of carbonyl (C=O) groups is 1. The summed E-state index contributed by atoms with van der Waals surface area (Å²) >= 11 is 11.6. The molecule has 0 fully saturated rings. The Hall–Kier alpha value is -2.45. The monoisotopic (exact) mass is 356 g/mol. The van der Waals surface area contributed by atoms with Crippen molar-refractivity contribution in [2.75, 3.05) is 5.32 Å². The first-order valence-electron chi connectivity index (χ1n) is 6.26. The van der Waals surface area contributed by atoms with Gasteiger partial charge in [-0.1, -0.05) is 23.2 Å². The standard InChI is InChI=1S/C13H10Cl2N4O4/c1-7(23-10-3-2-4-16-12(10)19(21)22)13(20)18-11-9(15)5-8(14)6-17-11/h2-7H,1H3,(H,17,18,20). The van der Waals surface area contributed by atoms with Crippen LogP contribution in [0.25, 0.3) is 0 Å². The predicted molar refractivity (Wildman–Crippen MR) is 83.9 cm³/mol. The summed E-state index contributed by atoms with van der Waals surface area (Å²) in [5.74, 6) is -1.07. The number of aromatic nitrogens is 2. The number of hydrogen-bond donors (Lipinski definition) is 1. The van der Waals surface area contributed by atoms with Crippen molar-refractivity contribution in [3.8, 4) is 5.75 Å². The molecule has 0 saturated carbocycles. The van der Waals surface area contributed by atoms with Crippen molar-refractivity contribution in [1.82, 2.24) is 9.97 Å². The van der Waals surface area contributed by atoms with E-state index in [1.54, 1.807) is 0 Å². The minimum Gasteiger partial charge on any atom is -0.473 e. The lowest BCUT2D eigenvalue weighted by atomic mass is 10.3. The number of carbonyl (C=O) groups excluding carboxylic acids is 1. The van der Waals surface area contributed by atoms with Gasteiger partial charge in [0.15, 0.2) is 11.9 Å². The van der Waals surface area contributed by atoms with Gasteiger partial charge in [-0.3, -0.25) is 4.79 Å². The molecule has 1 unspecified atom stereocenters. The molecule has 120 valence electrons. The number of pyridine rings is 2. The lowest BCUT2D eigenvalue weighted by Crippen LogP contribution is -2.30. The Morgan fingerprint density at radius 2 is 2.17 bits per heavy atom. The van der Waals surface area contributed by atoms with Gasteiger partial charge in [-0.05, 0) is 35.0 Å². The molecule has 1 N–H and O–H groups in total. The maximum absolute atomic E-state index is 12.1. The number of hydrogen-bond acceptors (Lipinski definition) is 6. The van der Waals surface area contributed by atoms with E-state index in [9.17, 15) is 14.9 Å². The van der Waals surface area contributed by atoms with Crippen LogP contribution in [0.3, 0.4) is 0 Å². The number of amides is 1. The molecule has 2 heterocycles. The third kappa shape index (κ3) is 4.27. The van der Waals surface area contributed by atoms with Crippen LogP contribution in [0.4, 0.5) is 11.6 Å². The van der Waals surface area contributed by atoms with Crippen LogP contribution in [0.5, 0.6) is 5.75 Å².